The molecular formula is C13H5Br2Cl2NOS. The van der Waals surface area contributed by atoms with Gasteiger partial charge in [-0.05, 0) is 50.1 Å². The van der Waals surface area contributed by atoms with E-state index in [1.165, 1.54) is 11.3 Å². The number of benzene rings is 1. The third-order valence-electron chi connectivity index (χ3n) is 2.60. The van der Waals surface area contributed by atoms with Gasteiger partial charge in [-0.1, -0.05) is 29.3 Å². The molecule has 0 spiro atoms. The largest absolute Gasteiger partial charge is 0.292 e. The van der Waals surface area contributed by atoms with Crippen molar-refractivity contribution in [2.75, 3.05) is 0 Å². The molecular weight excluding hydrogens is 449 g/mol. The zero-order chi connectivity index (χ0) is 14.9. The lowest BCUT2D eigenvalue weighted by Crippen LogP contribution is -2.12. The average Bonchev–Trinajstić information content (AvgIpc) is 2.72. The van der Waals surface area contributed by atoms with Crippen LogP contribution in [0.5, 0.6) is 0 Å². The molecule has 0 radical (unpaired) electrons. The van der Waals surface area contributed by atoms with Crippen LogP contribution in [0.1, 0.15) is 21.8 Å². The summed E-state index contributed by atoms with van der Waals surface area (Å²) in [6.45, 7) is 0. The van der Waals surface area contributed by atoms with Gasteiger partial charge in [-0.25, -0.2) is 0 Å². The Morgan fingerprint density at radius 2 is 1.90 bits per heavy atom. The topological polar surface area (TPSA) is 40.9 Å². The van der Waals surface area contributed by atoms with Crippen LogP contribution in [-0.4, -0.2) is 5.78 Å². The molecule has 0 aliphatic rings. The number of hydrogen-bond acceptors (Lipinski definition) is 3. The van der Waals surface area contributed by atoms with E-state index in [1.54, 1.807) is 24.3 Å². The van der Waals surface area contributed by atoms with Crippen LogP contribution in [0.25, 0.3) is 0 Å². The van der Waals surface area contributed by atoms with Crippen molar-refractivity contribution in [2.45, 2.75) is 5.92 Å². The van der Waals surface area contributed by atoms with E-state index in [1.807, 2.05) is 6.07 Å². The Morgan fingerprint density at radius 1 is 1.30 bits per heavy atom. The molecule has 0 saturated carbocycles. The Morgan fingerprint density at radius 3 is 2.35 bits per heavy atom. The van der Waals surface area contributed by atoms with Gasteiger partial charge in [0.05, 0.1) is 13.6 Å². The fourth-order valence-electron chi connectivity index (χ4n) is 1.70. The monoisotopic (exact) mass is 451 g/mol. The molecule has 102 valence electrons. The Balaban J connectivity index is 2.51. The maximum Gasteiger partial charge on any atom is 0.186 e. The van der Waals surface area contributed by atoms with Crippen LogP contribution in [-0.2, 0) is 0 Å². The number of ketones is 1. The van der Waals surface area contributed by atoms with Crippen LogP contribution in [0.2, 0.25) is 10.0 Å². The zero-order valence-electron chi connectivity index (χ0n) is 9.66. The highest BCUT2D eigenvalue weighted by Gasteiger charge is 2.28. The van der Waals surface area contributed by atoms with Gasteiger partial charge in [0.2, 0.25) is 0 Å². The highest BCUT2D eigenvalue weighted by Crippen LogP contribution is 2.38. The van der Waals surface area contributed by atoms with E-state index in [0.29, 0.717) is 25.0 Å². The first kappa shape index (κ1) is 16.0. The van der Waals surface area contributed by atoms with Crippen molar-refractivity contribution < 1.29 is 4.79 Å². The number of halogens is 4. The van der Waals surface area contributed by atoms with E-state index < -0.39 is 5.92 Å². The number of hydrogen-bond donors (Lipinski definition) is 0. The summed E-state index contributed by atoms with van der Waals surface area (Å²) in [6, 6.07) is 8.55. The Labute approximate surface area is 146 Å². The third kappa shape index (κ3) is 3.10. The molecule has 1 atom stereocenters. The predicted octanol–water partition coefficient (Wildman–Crippen LogP) is 6.07. The van der Waals surface area contributed by atoms with Gasteiger partial charge in [-0.3, -0.25) is 4.79 Å². The fourth-order valence-corrected chi connectivity index (χ4v) is 5.14. The molecule has 0 saturated heterocycles. The average molecular weight is 454 g/mol. The Hall–Kier alpha value is -0.380. The number of rotatable bonds is 3. The van der Waals surface area contributed by atoms with Gasteiger partial charge in [0.15, 0.2) is 5.78 Å². The summed E-state index contributed by atoms with van der Waals surface area (Å²) >= 11 is 20.1. The van der Waals surface area contributed by atoms with Crippen molar-refractivity contribution in [1.82, 2.24) is 0 Å². The Kier molecular flexibility index (Phi) is 5.27. The van der Waals surface area contributed by atoms with Gasteiger partial charge >= 0.3 is 0 Å². The van der Waals surface area contributed by atoms with Crippen LogP contribution < -0.4 is 0 Å². The molecule has 1 aromatic carbocycles. The summed E-state index contributed by atoms with van der Waals surface area (Å²) < 4.78 is 1.47. The zero-order valence-corrected chi connectivity index (χ0v) is 15.2. The van der Waals surface area contributed by atoms with Crippen LogP contribution >= 0.6 is 66.4 Å². The van der Waals surface area contributed by atoms with Crippen molar-refractivity contribution in [3.8, 4) is 6.07 Å². The standard InChI is InChI=1S/C13H5Br2Cl2NOS/c14-10-4-6(13(15)20-10)12(19)7(5-18)11-8(16)2-1-3-9(11)17/h1-4,7H. The van der Waals surface area contributed by atoms with E-state index in [-0.39, 0.29) is 5.78 Å². The first-order chi connectivity index (χ1) is 9.45. The molecule has 0 aliphatic heterocycles. The summed E-state index contributed by atoms with van der Waals surface area (Å²) in [6.07, 6.45) is 0. The van der Waals surface area contributed by atoms with Crippen LogP contribution in [0.3, 0.4) is 0 Å². The second kappa shape index (κ2) is 6.59. The van der Waals surface area contributed by atoms with E-state index >= 15 is 0 Å². The van der Waals surface area contributed by atoms with Crippen molar-refractivity contribution in [1.29, 1.82) is 5.26 Å². The summed E-state index contributed by atoms with van der Waals surface area (Å²) in [7, 11) is 0. The first-order valence-corrected chi connectivity index (χ1v) is 8.44. The molecule has 2 rings (SSSR count). The van der Waals surface area contributed by atoms with Gasteiger partial charge in [-0.2, -0.15) is 5.26 Å². The molecule has 0 bridgehead atoms. The minimum Gasteiger partial charge on any atom is -0.292 e. The highest BCUT2D eigenvalue weighted by molar-refractivity contribution is 9.12. The second-order valence-electron chi connectivity index (χ2n) is 3.80. The van der Waals surface area contributed by atoms with Gasteiger partial charge < -0.3 is 0 Å². The molecule has 0 N–H and O–H groups in total. The lowest BCUT2D eigenvalue weighted by atomic mass is 9.93. The molecule has 7 heteroatoms. The SMILES string of the molecule is N#CC(C(=O)c1cc(Br)sc1Br)c1c(Cl)cccc1Cl. The van der Waals surface area contributed by atoms with Gasteiger partial charge in [0.1, 0.15) is 5.92 Å². The van der Waals surface area contributed by atoms with Crippen LogP contribution in [0.4, 0.5) is 0 Å². The molecule has 1 aromatic heterocycles. The fraction of sp³-hybridized carbons (Fsp3) is 0.0769. The van der Waals surface area contributed by atoms with Crippen molar-refractivity contribution in [3.05, 3.63) is 53.0 Å². The number of carbonyl (C=O) groups excluding carboxylic acids is 1. The normalized spacial score (nSPS) is 11.9. The predicted molar refractivity (Wildman–Crippen MR) is 88.9 cm³/mol. The van der Waals surface area contributed by atoms with E-state index in [4.69, 9.17) is 23.2 Å². The summed E-state index contributed by atoms with van der Waals surface area (Å²) in [5, 5.41) is 9.96. The molecule has 0 fully saturated rings. The molecule has 1 heterocycles. The molecule has 0 amide bonds. The van der Waals surface area contributed by atoms with Gasteiger partial charge in [-0.15, -0.1) is 11.3 Å². The lowest BCUT2D eigenvalue weighted by molar-refractivity contribution is 0.0978. The molecule has 2 nitrogen and oxygen atoms in total. The van der Waals surface area contributed by atoms with Crippen LogP contribution in [0, 0.1) is 11.3 Å². The van der Waals surface area contributed by atoms with Crippen molar-refractivity contribution in [3.63, 3.8) is 0 Å². The number of nitrogens with zero attached hydrogens (tertiary/aromatic N) is 1. The summed E-state index contributed by atoms with van der Waals surface area (Å²) in [5.74, 6) is -1.37. The maximum atomic E-state index is 12.5. The number of Topliss-reactive ketones (excluding diaryl/α,β-unsaturated/α-hetero) is 1. The first-order valence-electron chi connectivity index (χ1n) is 5.28. The van der Waals surface area contributed by atoms with Crippen molar-refractivity contribution >= 4 is 72.2 Å². The summed E-state index contributed by atoms with van der Waals surface area (Å²) in [5.41, 5.74) is 0.780. The van der Waals surface area contributed by atoms with Crippen molar-refractivity contribution in [2.24, 2.45) is 0 Å². The van der Waals surface area contributed by atoms with E-state index in [9.17, 15) is 10.1 Å². The quantitative estimate of drug-likeness (QED) is 0.529. The van der Waals surface area contributed by atoms with E-state index in [0.717, 1.165) is 3.79 Å². The third-order valence-corrected chi connectivity index (χ3v) is 5.60. The molecule has 0 aliphatic carbocycles. The molecule has 1 unspecified atom stereocenters. The van der Waals surface area contributed by atoms with Gasteiger partial charge in [0, 0.05) is 21.2 Å². The molecule has 2 aromatic rings. The molecule has 20 heavy (non-hydrogen) atoms. The van der Waals surface area contributed by atoms with Crippen LogP contribution in [0.15, 0.2) is 31.8 Å². The second-order valence-corrected chi connectivity index (χ2v) is 8.36. The smallest absolute Gasteiger partial charge is 0.186 e. The lowest BCUT2D eigenvalue weighted by Gasteiger charge is -2.11. The summed E-state index contributed by atoms with van der Waals surface area (Å²) in [4.78, 5) is 12.5. The van der Waals surface area contributed by atoms with E-state index in [2.05, 4.69) is 31.9 Å². The maximum absolute atomic E-state index is 12.5. The minimum absolute atomic E-state index is 0.308. The van der Waals surface area contributed by atoms with Gasteiger partial charge in [0.25, 0.3) is 0 Å². The highest BCUT2D eigenvalue weighted by atomic mass is 79.9. The number of carbonyl (C=O) groups is 1. The number of nitriles is 1. The number of thiophene rings is 1. The minimum atomic E-state index is -1.03. The Bertz CT molecular complexity index is 703.